The fourth-order valence-electron chi connectivity index (χ4n) is 5.17. The van der Waals surface area contributed by atoms with Crippen LogP contribution < -0.4 is 0 Å². The Hall–Kier alpha value is -3.09. The maximum Gasteiger partial charge on any atom is 0.153 e. The molecule has 0 bridgehead atoms. The molecule has 4 aromatic rings. The van der Waals surface area contributed by atoms with Crippen molar-refractivity contribution in [1.82, 2.24) is 29.5 Å². The van der Waals surface area contributed by atoms with Crippen LogP contribution in [0.2, 0.25) is 0 Å². The zero-order chi connectivity index (χ0) is 21.3. The van der Waals surface area contributed by atoms with Crippen LogP contribution in [0.3, 0.4) is 0 Å². The second-order valence-corrected chi connectivity index (χ2v) is 8.97. The van der Waals surface area contributed by atoms with Crippen molar-refractivity contribution in [3.05, 3.63) is 83.9 Å². The molecular weight excluding hydrogens is 396 g/mol. The average Bonchev–Trinajstić information content (AvgIpc) is 3.29. The molecule has 1 aromatic carbocycles. The number of pyridine rings is 2. The van der Waals surface area contributed by atoms with Crippen molar-refractivity contribution in [2.45, 2.75) is 31.8 Å². The third kappa shape index (κ3) is 3.92. The van der Waals surface area contributed by atoms with Gasteiger partial charge in [-0.15, -0.1) is 0 Å². The average molecular weight is 425 g/mol. The SMILES string of the molecule is c1ccc(-n2cc3c(n2)CCC(N2CCN(Cc4ccc5ncccc5c4)CC2)C3)nc1. The first-order valence-corrected chi connectivity index (χ1v) is 11.6. The number of aromatic nitrogens is 4. The lowest BCUT2D eigenvalue weighted by Crippen LogP contribution is -2.51. The van der Waals surface area contributed by atoms with Gasteiger partial charge < -0.3 is 0 Å². The lowest BCUT2D eigenvalue weighted by molar-refractivity contribution is 0.0855. The van der Waals surface area contributed by atoms with Gasteiger partial charge in [-0.25, -0.2) is 9.67 Å². The molecule has 1 fully saturated rings. The van der Waals surface area contributed by atoms with Gasteiger partial charge in [-0.3, -0.25) is 14.8 Å². The van der Waals surface area contributed by atoms with E-state index in [2.05, 4.69) is 50.2 Å². The van der Waals surface area contributed by atoms with Gasteiger partial charge >= 0.3 is 0 Å². The van der Waals surface area contributed by atoms with Gasteiger partial charge in [0.15, 0.2) is 5.82 Å². The van der Waals surface area contributed by atoms with E-state index >= 15 is 0 Å². The Morgan fingerprint density at radius 2 is 1.81 bits per heavy atom. The van der Waals surface area contributed by atoms with Crippen LogP contribution in [0.25, 0.3) is 16.7 Å². The largest absolute Gasteiger partial charge is 0.298 e. The summed E-state index contributed by atoms with van der Waals surface area (Å²) in [5, 5.41) is 6.03. The Balaban J connectivity index is 1.07. The molecule has 1 aliphatic carbocycles. The maximum atomic E-state index is 4.80. The molecule has 1 unspecified atom stereocenters. The highest BCUT2D eigenvalue weighted by Crippen LogP contribution is 2.26. The summed E-state index contributed by atoms with van der Waals surface area (Å²) in [7, 11) is 0. The molecule has 0 radical (unpaired) electrons. The molecule has 0 amide bonds. The molecule has 0 saturated carbocycles. The van der Waals surface area contributed by atoms with Gasteiger partial charge in [-0.1, -0.05) is 18.2 Å². The summed E-state index contributed by atoms with van der Waals surface area (Å²) in [6.07, 6.45) is 9.23. The molecular formula is C26H28N6. The van der Waals surface area contributed by atoms with Gasteiger partial charge in [0, 0.05) is 62.7 Å². The highest BCUT2D eigenvalue weighted by Gasteiger charge is 2.29. The Bertz CT molecular complexity index is 1210. The molecule has 2 aliphatic rings. The predicted octanol–water partition coefficient (Wildman–Crippen LogP) is 3.49. The van der Waals surface area contributed by atoms with Gasteiger partial charge in [0.2, 0.25) is 0 Å². The Morgan fingerprint density at radius 3 is 2.69 bits per heavy atom. The fourth-order valence-corrected chi connectivity index (χ4v) is 5.17. The van der Waals surface area contributed by atoms with Crippen molar-refractivity contribution in [2.24, 2.45) is 0 Å². The van der Waals surface area contributed by atoms with E-state index in [1.54, 1.807) is 0 Å². The quantitative estimate of drug-likeness (QED) is 0.502. The van der Waals surface area contributed by atoms with Crippen LogP contribution in [0.1, 0.15) is 23.2 Å². The summed E-state index contributed by atoms with van der Waals surface area (Å²) >= 11 is 0. The molecule has 0 spiro atoms. The van der Waals surface area contributed by atoms with E-state index in [1.165, 1.54) is 28.6 Å². The number of hydrogen-bond acceptors (Lipinski definition) is 5. The molecule has 0 N–H and O–H groups in total. The zero-order valence-corrected chi connectivity index (χ0v) is 18.3. The van der Waals surface area contributed by atoms with Crippen molar-refractivity contribution >= 4 is 10.9 Å². The third-order valence-electron chi connectivity index (χ3n) is 6.93. The van der Waals surface area contributed by atoms with Crippen LogP contribution in [0.5, 0.6) is 0 Å². The van der Waals surface area contributed by atoms with Crippen LogP contribution >= 0.6 is 0 Å². The summed E-state index contributed by atoms with van der Waals surface area (Å²) in [6.45, 7) is 5.56. The van der Waals surface area contributed by atoms with Crippen LogP contribution in [-0.4, -0.2) is 61.8 Å². The van der Waals surface area contributed by atoms with Crippen LogP contribution in [0.4, 0.5) is 0 Å². The van der Waals surface area contributed by atoms with Crippen LogP contribution in [0, 0.1) is 0 Å². The first-order chi connectivity index (χ1) is 15.8. The first-order valence-electron chi connectivity index (χ1n) is 11.6. The predicted molar refractivity (Wildman–Crippen MR) is 126 cm³/mol. The molecule has 32 heavy (non-hydrogen) atoms. The van der Waals surface area contributed by atoms with Gasteiger partial charge in [-0.05, 0) is 60.7 Å². The van der Waals surface area contributed by atoms with E-state index in [0.29, 0.717) is 6.04 Å². The standard InChI is InChI=1S/C26H28N6/c1-2-10-28-26(5-1)32-19-22-17-23(7-9-25(22)29-32)31-14-12-30(13-15-31)18-20-6-8-24-21(16-20)4-3-11-27-24/h1-6,8,10-11,16,19,23H,7,9,12-15,17-18H2. The fraction of sp³-hybridized carbons (Fsp3) is 0.346. The van der Waals surface area contributed by atoms with Crippen molar-refractivity contribution in [2.75, 3.05) is 26.2 Å². The van der Waals surface area contributed by atoms with Gasteiger partial charge in [-0.2, -0.15) is 5.10 Å². The number of nitrogens with zero attached hydrogens (tertiary/aromatic N) is 6. The van der Waals surface area contributed by atoms with Crippen molar-refractivity contribution < 1.29 is 0 Å². The number of hydrogen-bond donors (Lipinski definition) is 0. The van der Waals surface area contributed by atoms with Crippen molar-refractivity contribution in [3.8, 4) is 5.82 Å². The smallest absolute Gasteiger partial charge is 0.153 e. The Labute approximate surface area is 188 Å². The van der Waals surface area contributed by atoms with E-state index in [-0.39, 0.29) is 0 Å². The molecule has 6 nitrogen and oxygen atoms in total. The second-order valence-electron chi connectivity index (χ2n) is 8.97. The summed E-state index contributed by atoms with van der Waals surface area (Å²) in [4.78, 5) is 14.2. The van der Waals surface area contributed by atoms with Crippen molar-refractivity contribution in [1.29, 1.82) is 0 Å². The van der Waals surface area contributed by atoms with Crippen LogP contribution in [0.15, 0.2) is 67.1 Å². The van der Waals surface area contributed by atoms with E-state index in [4.69, 9.17) is 5.10 Å². The molecule has 162 valence electrons. The normalized spacial score (nSPS) is 19.8. The number of fused-ring (bicyclic) bond motifs is 2. The third-order valence-corrected chi connectivity index (χ3v) is 6.93. The number of piperazine rings is 1. The van der Waals surface area contributed by atoms with E-state index in [0.717, 1.165) is 56.9 Å². The molecule has 1 atom stereocenters. The summed E-state index contributed by atoms with van der Waals surface area (Å²) in [5.41, 5.74) is 5.09. The molecule has 6 heteroatoms. The van der Waals surface area contributed by atoms with Gasteiger partial charge in [0.25, 0.3) is 0 Å². The zero-order valence-electron chi connectivity index (χ0n) is 18.3. The Morgan fingerprint density at radius 1 is 0.906 bits per heavy atom. The molecule has 1 saturated heterocycles. The van der Waals surface area contributed by atoms with E-state index < -0.39 is 0 Å². The Kier molecular flexibility index (Phi) is 5.17. The maximum absolute atomic E-state index is 4.80. The monoisotopic (exact) mass is 424 g/mol. The van der Waals surface area contributed by atoms with Gasteiger partial charge in [0.1, 0.15) is 0 Å². The minimum absolute atomic E-state index is 0.623. The van der Waals surface area contributed by atoms with E-state index in [9.17, 15) is 0 Å². The van der Waals surface area contributed by atoms with Crippen LogP contribution in [-0.2, 0) is 19.4 Å². The molecule has 1 aliphatic heterocycles. The number of rotatable bonds is 4. The highest BCUT2D eigenvalue weighted by atomic mass is 15.3. The van der Waals surface area contributed by atoms with E-state index in [1.807, 2.05) is 41.3 Å². The molecule has 3 aromatic heterocycles. The molecule has 6 rings (SSSR count). The number of aryl methyl sites for hydroxylation is 1. The topological polar surface area (TPSA) is 50.1 Å². The second kappa shape index (κ2) is 8.45. The number of benzene rings is 1. The lowest BCUT2D eigenvalue weighted by Gasteiger charge is -2.40. The summed E-state index contributed by atoms with van der Waals surface area (Å²) < 4.78 is 1.95. The van der Waals surface area contributed by atoms with Gasteiger partial charge in [0.05, 0.1) is 11.2 Å². The highest BCUT2D eigenvalue weighted by molar-refractivity contribution is 5.78. The minimum atomic E-state index is 0.623. The minimum Gasteiger partial charge on any atom is -0.298 e. The van der Waals surface area contributed by atoms with Crippen molar-refractivity contribution in [3.63, 3.8) is 0 Å². The summed E-state index contributed by atoms with van der Waals surface area (Å²) in [6, 6.07) is 17.4. The summed E-state index contributed by atoms with van der Waals surface area (Å²) in [5.74, 6) is 0.900. The molecule has 4 heterocycles. The first kappa shape index (κ1) is 19.6. The lowest BCUT2D eigenvalue weighted by atomic mass is 9.92.